The van der Waals surface area contributed by atoms with Crippen molar-refractivity contribution in [1.82, 2.24) is 0 Å². The van der Waals surface area contributed by atoms with E-state index < -0.39 is 0 Å². The Morgan fingerprint density at radius 3 is 2.72 bits per heavy atom. The third-order valence-corrected chi connectivity index (χ3v) is 3.82. The number of hydrogen-bond acceptors (Lipinski definition) is 3. The second-order valence-electron chi connectivity index (χ2n) is 5.00. The number of nitrogens with zero attached hydrogens (tertiary/aromatic N) is 1. The minimum atomic E-state index is 0.453. The van der Waals surface area contributed by atoms with Gasteiger partial charge in [0.2, 0.25) is 0 Å². The van der Waals surface area contributed by atoms with Gasteiger partial charge < -0.3 is 10.1 Å². The number of hydrogen-bond donors (Lipinski definition) is 1. The first kappa shape index (κ1) is 12.8. The van der Waals surface area contributed by atoms with E-state index in [0.29, 0.717) is 11.6 Å². The van der Waals surface area contributed by atoms with E-state index in [9.17, 15) is 0 Å². The van der Waals surface area contributed by atoms with Gasteiger partial charge in [-0.1, -0.05) is 12.8 Å². The Bertz CT molecular complexity index is 444. The van der Waals surface area contributed by atoms with Crippen LogP contribution in [0.1, 0.15) is 38.2 Å². The third kappa shape index (κ3) is 2.76. The summed E-state index contributed by atoms with van der Waals surface area (Å²) >= 11 is 0. The van der Waals surface area contributed by atoms with Gasteiger partial charge in [0.25, 0.3) is 0 Å². The number of benzene rings is 1. The Kier molecular flexibility index (Phi) is 4.09. The molecule has 0 saturated heterocycles. The lowest BCUT2D eigenvalue weighted by atomic mass is 9.99. The first-order chi connectivity index (χ1) is 8.74. The topological polar surface area (TPSA) is 45.0 Å². The highest BCUT2D eigenvalue weighted by Crippen LogP contribution is 2.32. The molecule has 3 nitrogen and oxygen atoms in total. The van der Waals surface area contributed by atoms with Gasteiger partial charge in [-0.3, -0.25) is 0 Å². The molecular weight excluding hydrogens is 224 g/mol. The van der Waals surface area contributed by atoms with Crippen LogP contribution in [0, 0.1) is 17.2 Å². The van der Waals surface area contributed by atoms with Crippen molar-refractivity contribution >= 4 is 5.69 Å². The molecule has 0 amide bonds. The SMILES string of the molecule is COc1cc(C#N)ccc1NC(C)C1CCCC1. The molecule has 0 spiro atoms. The summed E-state index contributed by atoms with van der Waals surface area (Å²) in [4.78, 5) is 0. The highest BCUT2D eigenvalue weighted by molar-refractivity contribution is 5.59. The summed E-state index contributed by atoms with van der Waals surface area (Å²) < 4.78 is 5.34. The van der Waals surface area contributed by atoms with Crippen LogP contribution < -0.4 is 10.1 Å². The molecule has 0 radical (unpaired) electrons. The van der Waals surface area contributed by atoms with E-state index in [-0.39, 0.29) is 0 Å². The smallest absolute Gasteiger partial charge is 0.143 e. The number of nitrogens with one attached hydrogen (secondary N) is 1. The molecule has 18 heavy (non-hydrogen) atoms. The van der Waals surface area contributed by atoms with Gasteiger partial charge >= 0.3 is 0 Å². The van der Waals surface area contributed by atoms with Gasteiger partial charge in [-0.05, 0) is 37.8 Å². The van der Waals surface area contributed by atoms with Gasteiger partial charge in [-0.25, -0.2) is 0 Å². The minimum absolute atomic E-state index is 0.453. The molecule has 96 valence electrons. The number of nitriles is 1. The molecule has 0 aliphatic heterocycles. The first-order valence-corrected chi connectivity index (χ1v) is 6.59. The molecule has 1 saturated carbocycles. The predicted molar refractivity (Wildman–Crippen MR) is 72.8 cm³/mol. The molecule has 3 heteroatoms. The van der Waals surface area contributed by atoms with E-state index >= 15 is 0 Å². The normalized spacial score (nSPS) is 17.2. The highest BCUT2D eigenvalue weighted by atomic mass is 16.5. The molecular formula is C15H20N2O. The molecule has 0 heterocycles. The van der Waals surface area contributed by atoms with Crippen molar-refractivity contribution in [3.63, 3.8) is 0 Å². The molecule has 1 N–H and O–H groups in total. The lowest BCUT2D eigenvalue weighted by Crippen LogP contribution is -2.24. The van der Waals surface area contributed by atoms with Crippen LogP contribution in [0.4, 0.5) is 5.69 Å². The maximum atomic E-state index is 8.88. The maximum absolute atomic E-state index is 8.88. The Labute approximate surface area is 109 Å². The summed E-state index contributed by atoms with van der Waals surface area (Å²) in [7, 11) is 1.64. The molecule has 1 atom stereocenters. The number of anilines is 1. The average molecular weight is 244 g/mol. The minimum Gasteiger partial charge on any atom is -0.495 e. The average Bonchev–Trinajstić information content (AvgIpc) is 2.93. The summed E-state index contributed by atoms with van der Waals surface area (Å²) in [6.07, 6.45) is 5.32. The van der Waals surface area contributed by atoms with Gasteiger partial charge in [-0.15, -0.1) is 0 Å². The van der Waals surface area contributed by atoms with E-state index in [2.05, 4.69) is 18.3 Å². The zero-order chi connectivity index (χ0) is 13.0. The third-order valence-electron chi connectivity index (χ3n) is 3.82. The van der Waals surface area contributed by atoms with Crippen LogP contribution in [-0.4, -0.2) is 13.2 Å². The largest absolute Gasteiger partial charge is 0.495 e. The second-order valence-corrected chi connectivity index (χ2v) is 5.00. The molecule has 1 aliphatic rings. The van der Waals surface area contributed by atoms with Gasteiger partial charge in [-0.2, -0.15) is 5.26 Å². The van der Waals surface area contributed by atoms with Crippen molar-refractivity contribution in [2.24, 2.45) is 5.92 Å². The summed E-state index contributed by atoms with van der Waals surface area (Å²) in [6.45, 7) is 2.23. The number of ether oxygens (including phenoxy) is 1. The van der Waals surface area contributed by atoms with Crippen LogP contribution in [-0.2, 0) is 0 Å². The molecule has 0 bridgehead atoms. The van der Waals surface area contributed by atoms with Gasteiger partial charge in [0.05, 0.1) is 24.4 Å². The maximum Gasteiger partial charge on any atom is 0.143 e. The van der Waals surface area contributed by atoms with Crippen LogP contribution in [0.15, 0.2) is 18.2 Å². The quantitative estimate of drug-likeness (QED) is 0.880. The van der Waals surface area contributed by atoms with Crippen molar-refractivity contribution < 1.29 is 4.74 Å². The standard InChI is InChI=1S/C15H20N2O/c1-11(13-5-3-4-6-13)17-14-8-7-12(10-16)9-15(14)18-2/h7-9,11,13,17H,3-6H2,1-2H3. The molecule has 1 unspecified atom stereocenters. The van der Waals surface area contributed by atoms with Crippen molar-refractivity contribution in [2.75, 3.05) is 12.4 Å². The monoisotopic (exact) mass is 244 g/mol. The molecule has 1 aliphatic carbocycles. The fourth-order valence-corrected chi connectivity index (χ4v) is 2.70. The lowest BCUT2D eigenvalue weighted by Gasteiger charge is -2.22. The Morgan fingerprint density at radius 2 is 2.11 bits per heavy atom. The summed E-state index contributed by atoms with van der Waals surface area (Å²) in [5.41, 5.74) is 1.61. The lowest BCUT2D eigenvalue weighted by molar-refractivity contribution is 0.413. The van der Waals surface area contributed by atoms with Crippen molar-refractivity contribution in [2.45, 2.75) is 38.6 Å². The molecule has 1 aromatic rings. The zero-order valence-corrected chi connectivity index (χ0v) is 11.1. The van der Waals surface area contributed by atoms with E-state index in [1.54, 1.807) is 13.2 Å². The van der Waals surface area contributed by atoms with Crippen molar-refractivity contribution in [3.8, 4) is 11.8 Å². The number of methoxy groups -OCH3 is 1. The fourth-order valence-electron chi connectivity index (χ4n) is 2.70. The van der Waals surface area contributed by atoms with Gasteiger partial charge in [0.1, 0.15) is 5.75 Å². The zero-order valence-electron chi connectivity index (χ0n) is 11.1. The van der Waals surface area contributed by atoms with Crippen LogP contribution in [0.2, 0.25) is 0 Å². The summed E-state index contributed by atoms with van der Waals surface area (Å²) in [5, 5.41) is 12.4. The summed E-state index contributed by atoms with van der Waals surface area (Å²) in [5.74, 6) is 1.50. The van der Waals surface area contributed by atoms with Crippen LogP contribution in [0.5, 0.6) is 5.75 Å². The Balaban J connectivity index is 2.10. The Morgan fingerprint density at radius 1 is 1.39 bits per heavy atom. The summed E-state index contributed by atoms with van der Waals surface area (Å²) in [6, 6.07) is 8.12. The highest BCUT2D eigenvalue weighted by Gasteiger charge is 2.22. The van der Waals surface area contributed by atoms with Crippen LogP contribution >= 0.6 is 0 Å². The van der Waals surface area contributed by atoms with E-state index in [0.717, 1.165) is 17.4 Å². The molecule has 0 aromatic heterocycles. The van der Waals surface area contributed by atoms with E-state index in [1.165, 1.54) is 25.7 Å². The van der Waals surface area contributed by atoms with Gasteiger partial charge in [0, 0.05) is 12.1 Å². The van der Waals surface area contributed by atoms with E-state index in [1.807, 2.05) is 12.1 Å². The van der Waals surface area contributed by atoms with Crippen LogP contribution in [0.3, 0.4) is 0 Å². The van der Waals surface area contributed by atoms with Crippen molar-refractivity contribution in [3.05, 3.63) is 23.8 Å². The van der Waals surface area contributed by atoms with Gasteiger partial charge in [0.15, 0.2) is 0 Å². The van der Waals surface area contributed by atoms with Crippen LogP contribution in [0.25, 0.3) is 0 Å². The van der Waals surface area contributed by atoms with Crippen molar-refractivity contribution in [1.29, 1.82) is 5.26 Å². The fraction of sp³-hybridized carbons (Fsp3) is 0.533. The second kappa shape index (κ2) is 5.77. The first-order valence-electron chi connectivity index (χ1n) is 6.59. The predicted octanol–water partition coefficient (Wildman–Crippen LogP) is 3.56. The molecule has 2 rings (SSSR count). The number of rotatable bonds is 4. The molecule has 1 fully saturated rings. The van der Waals surface area contributed by atoms with E-state index in [4.69, 9.17) is 10.00 Å². The molecule has 1 aromatic carbocycles. The Hall–Kier alpha value is -1.69.